The molecule has 0 unspecified atom stereocenters. The summed E-state index contributed by atoms with van der Waals surface area (Å²) in [6, 6.07) is 12.4. The third-order valence-corrected chi connectivity index (χ3v) is 5.04. The van der Waals surface area contributed by atoms with Gasteiger partial charge in [-0.05, 0) is 67.8 Å². The first kappa shape index (κ1) is 22.7. The number of benzene rings is 2. The van der Waals surface area contributed by atoms with Gasteiger partial charge < -0.3 is 20.1 Å². The van der Waals surface area contributed by atoms with Crippen LogP contribution in [0.4, 0.5) is 0 Å². The van der Waals surface area contributed by atoms with Crippen LogP contribution in [-0.2, 0) is 14.3 Å². The van der Waals surface area contributed by atoms with E-state index in [0.29, 0.717) is 29.8 Å². The molecule has 0 spiro atoms. The van der Waals surface area contributed by atoms with E-state index >= 15 is 0 Å². The zero-order chi connectivity index (χ0) is 23.1. The van der Waals surface area contributed by atoms with Gasteiger partial charge in [0.2, 0.25) is 5.91 Å². The number of hydrogen-bond donors (Lipinski definition) is 2. The number of amides is 1. The molecule has 1 fully saturated rings. The second-order valence-electron chi connectivity index (χ2n) is 7.22. The molecule has 1 heterocycles. The number of nitrogens with zero attached hydrogens (tertiary/aromatic N) is 1. The molecule has 2 aromatic carbocycles. The summed E-state index contributed by atoms with van der Waals surface area (Å²) in [6.07, 6.45) is 4.42. The number of ether oxygens (including phenoxy) is 2. The van der Waals surface area contributed by atoms with Gasteiger partial charge in [-0.3, -0.25) is 10.2 Å². The number of esters is 2. The Hall–Kier alpha value is -3.94. The van der Waals surface area contributed by atoms with Gasteiger partial charge in [0.15, 0.2) is 0 Å². The molecule has 1 aliphatic rings. The first-order valence-electron chi connectivity index (χ1n) is 10.3. The Morgan fingerprint density at radius 3 is 2.38 bits per heavy atom. The fourth-order valence-electron chi connectivity index (χ4n) is 3.38. The number of rotatable bonds is 7. The quantitative estimate of drug-likeness (QED) is 0.227. The SMILES string of the molecule is CCOC(=O)[C@@H]1CCCN1C(=O)C=Cc1ccc(C(=O)Oc2ccc(C(=N)N)cc2)cc1. The highest BCUT2D eigenvalue weighted by molar-refractivity contribution is 5.96. The van der Waals surface area contributed by atoms with E-state index in [4.69, 9.17) is 20.6 Å². The van der Waals surface area contributed by atoms with Crippen LogP contribution in [-0.4, -0.2) is 47.8 Å². The lowest BCUT2D eigenvalue weighted by molar-refractivity contribution is -0.151. The lowest BCUT2D eigenvalue weighted by Crippen LogP contribution is -2.40. The van der Waals surface area contributed by atoms with Crippen LogP contribution in [0.2, 0.25) is 0 Å². The predicted molar refractivity (Wildman–Crippen MR) is 119 cm³/mol. The second-order valence-corrected chi connectivity index (χ2v) is 7.22. The zero-order valence-electron chi connectivity index (χ0n) is 17.7. The number of likely N-dealkylation sites (tertiary alicyclic amines) is 1. The molecule has 0 aromatic heterocycles. The molecule has 32 heavy (non-hydrogen) atoms. The Morgan fingerprint density at radius 1 is 1.09 bits per heavy atom. The van der Waals surface area contributed by atoms with Gasteiger partial charge in [0.05, 0.1) is 12.2 Å². The van der Waals surface area contributed by atoms with Gasteiger partial charge in [0.25, 0.3) is 0 Å². The summed E-state index contributed by atoms with van der Waals surface area (Å²) >= 11 is 0. The Morgan fingerprint density at radius 2 is 1.75 bits per heavy atom. The van der Waals surface area contributed by atoms with E-state index < -0.39 is 12.0 Å². The van der Waals surface area contributed by atoms with Crippen LogP contribution in [0.1, 0.15) is 41.3 Å². The lowest BCUT2D eigenvalue weighted by atomic mass is 10.1. The zero-order valence-corrected chi connectivity index (χ0v) is 17.7. The van der Waals surface area contributed by atoms with Crippen LogP contribution in [0.25, 0.3) is 6.08 Å². The van der Waals surface area contributed by atoms with E-state index in [-0.39, 0.29) is 24.3 Å². The minimum absolute atomic E-state index is 0.0638. The molecule has 8 heteroatoms. The fourth-order valence-corrected chi connectivity index (χ4v) is 3.38. The summed E-state index contributed by atoms with van der Waals surface area (Å²) in [6.45, 7) is 2.54. The highest BCUT2D eigenvalue weighted by Crippen LogP contribution is 2.20. The summed E-state index contributed by atoms with van der Waals surface area (Å²) in [7, 11) is 0. The van der Waals surface area contributed by atoms with Crippen molar-refractivity contribution in [3.63, 3.8) is 0 Å². The van der Waals surface area contributed by atoms with Crippen LogP contribution in [0.5, 0.6) is 5.75 Å². The normalized spacial score (nSPS) is 15.5. The number of nitrogens with one attached hydrogen (secondary N) is 1. The summed E-state index contributed by atoms with van der Waals surface area (Å²) in [5.74, 6) is -0.868. The molecule has 2 aromatic rings. The molecule has 3 N–H and O–H groups in total. The Labute approximate surface area is 186 Å². The molecular weight excluding hydrogens is 410 g/mol. The molecule has 166 valence electrons. The Kier molecular flexibility index (Phi) is 7.38. The van der Waals surface area contributed by atoms with Gasteiger partial charge in [-0.25, -0.2) is 9.59 Å². The smallest absolute Gasteiger partial charge is 0.343 e. The number of nitrogen functional groups attached to an aromatic ring is 1. The number of nitrogens with two attached hydrogens (primary N) is 1. The van der Waals surface area contributed by atoms with E-state index in [9.17, 15) is 14.4 Å². The maximum Gasteiger partial charge on any atom is 0.343 e. The molecule has 0 radical (unpaired) electrons. The summed E-state index contributed by atoms with van der Waals surface area (Å²) < 4.78 is 10.4. The Bertz CT molecular complexity index is 1030. The average molecular weight is 435 g/mol. The van der Waals surface area contributed by atoms with E-state index in [2.05, 4.69) is 0 Å². The van der Waals surface area contributed by atoms with Crippen molar-refractivity contribution in [1.29, 1.82) is 5.41 Å². The van der Waals surface area contributed by atoms with Gasteiger partial charge in [-0.15, -0.1) is 0 Å². The van der Waals surface area contributed by atoms with Gasteiger partial charge in [0, 0.05) is 18.2 Å². The van der Waals surface area contributed by atoms with Crippen LogP contribution >= 0.6 is 0 Å². The van der Waals surface area contributed by atoms with E-state index in [1.807, 2.05) is 0 Å². The van der Waals surface area contributed by atoms with Crippen molar-refractivity contribution in [2.24, 2.45) is 5.73 Å². The van der Waals surface area contributed by atoms with Gasteiger partial charge in [0.1, 0.15) is 17.6 Å². The van der Waals surface area contributed by atoms with Crippen molar-refractivity contribution < 1.29 is 23.9 Å². The van der Waals surface area contributed by atoms with E-state index in [0.717, 1.165) is 12.0 Å². The number of carbonyl (C=O) groups is 3. The van der Waals surface area contributed by atoms with Crippen LogP contribution in [0.3, 0.4) is 0 Å². The number of hydrogen-bond acceptors (Lipinski definition) is 6. The molecule has 0 bridgehead atoms. The molecule has 1 amide bonds. The van der Waals surface area contributed by atoms with Gasteiger partial charge >= 0.3 is 11.9 Å². The highest BCUT2D eigenvalue weighted by Gasteiger charge is 2.34. The van der Waals surface area contributed by atoms with Gasteiger partial charge in [-0.1, -0.05) is 12.1 Å². The molecule has 1 atom stereocenters. The first-order valence-corrected chi connectivity index (χ1v) is 10.3. The molecular formula is C24H25N3O5. The molecule has 1 saturated heterocycles. The molecule has 3 rings (SSSR count). The standard InChI is InChI=1S/C24H25N3O5/c1-2-31-24(30)20-4-3-15-27(20)21(28)14-7-16-5-8-18(9-6-16)23(29)32-19-12-10-17(11-13-19)22(25)26/h5-14,20H,2-4,15H2,1H3,(H3,25,26)/t20-/m0/s1. The maximum absolute atomic E-state index is 12.5. The van der Waals surface area contributed by atoms with Gasteiger partial charge in [-0.2, -0.15) is 0 Å². The van der Waals surface area contributed by atoms with Crippen LogP contribution in [0, 0.1) is 5.41 Å². The maximum atomic E-state index is 12.5. The topological polar surface area (TPSA) is 123 Å². The van der Waals surface area contributed by atoms with Crippen molar-refractivity contribution in [2.75, 3.05) is 13.2 Å². The lowest BCUT2D eigenvalue weighted by Gasteiger charge is -2.21. The van der Waals surface area contributed by atoms with E-state index in [1.165, 1.54) is 11.0 Å². The molecule has 0 saturated carbocycles. The van der Waals surface area contributed by atoms with Crippen molar-refractivity contribution in [3.8, 4) is 5.75 Å². The minimum Gasteiger partial charge on any atom is -0.464 e. The summed E-state index contributed by atoms with van der Waals surface area (Å²) in [5.41, 5.74) is 7.03. The highest BCUT2D eigenvalue weighted by atomic mass is 16.5. The third-order valence-electron chi connectivity index (χ3n) is 5.04. The average Bonchev–Trinajstić information content (AvgIpc) is 3.28. The fraction of sp³-hybridized carbons (Fsp3) is 0.250. The first-order chi connectivity index (χ1) is 15.4. The van der Waals surface area contributed by atoms with Crippen LogP contribution in [0.15, 0.2) is 54.6 Å². The van der Waals surface area contributed by atoms with Crippen molar-refractivity contribution in [3.05, 3.63) is 71.3 Å². The number of amidine groups is 1. The van der Waals surface area contributed by atoms with Crippen molar-refractivity contribution in [1.82, 2.24) is 4.90 Å². The molecule has 1 aliphatic heterocycles. The van der Waals surface area contributed by atoms with E-state index in [1.54, 1.807) is 61.5 Å². The van der Waals surface area contributed by atoms with Crippen LogP contribution < -0.4 is 10.5 Å². The van der Waals surface area contributed by atoms with Crippen molar-refractivity contribution in [2.45, 2.75) is 25.8 Å². The third kappa shape index (κ3) is 5.60. The minimum atomic E-state index is -0.534. The molecule has 8 nitrogen and oxygen atoms in total. The monoisotopic (exact) mass is 435 g/mol. The number of carbonyl (C=O) groups excluding carboxylic acids is 3. The predicted octanol–water partition coefficient (Wildman–Crippen LogP) is 2.76. The molecule has 0 aliphatic carbocycles. The second kappa shape index (κ2) is 10.4. The Balaban J connectivity index is 1.59. The largest absolute Gasteiger partial charge is 0.464 e. The van der Waals surface area contributed by atoms with Crippen molar-refractivity contribution >= 4 is 29.8 Å². The summed E-state index contributed by atoms with van der Waals surface area (Å²) in [5, 5.41) is 7.38. The summed E-state index contributed by atoms with van der Waals surface area (Å²) in [4.78, 5) is 38.4.